The molecule has 102 valence electrons. The number of hydrogen-bond acceptors (Lipinski definition) is 3. The predicted molar refractivity (Wildman–Crippen MR) is 73.8 cm³/mol. The van der Waals surface area contributed by atoms with E-state index in [1.807, 2.05) is 6.07 Å². The zero-order valence-electron chi connectivity index (χ0n) is 11.5. The number of benzene rings is 1. The van der Waals surface area contributed by atoms with Crippen molar-refractivity contribution in [2.24, 2.45) is 5.92 Å². The van der Waals surface area contributed by atoms with Crippen molar-refractivity contribution in [1.82, 2.24) is 4.90 Å². The van der Waals surface area contributed by atoms with Crippen molar-refractivity contribution < 1.29 is 9.53 Å². The van der Waals surface area contributed by atoms with E-state index in [1.165, 1.54) is 12.5 Å². The van der Waals surface area contributed by atoms with Crippen LogP contribution >= 0.6 is 0 Å². The van der Waals surface area contributed by atoms with E-state index in [0.717, 1.165) is 38.9 Å². The molecule has 3 heterocycles. The minimum absolute atomic E-state index is 0.148. The summed E-state index contributed by atoms with van der Waals surface area (Å²) in [7, 11) is 0. The van der Waals surface area contributed by atoms with E-state index >= 15 is 0 Å². The van der Waals surface area contributed by atoms with Gasteiger partial charge in [-0.3, -0.25) is 9.69 Å². The smallest absolute Gasteiger partial charge is 0.303 e. The third-order valence-electron chi connectivity index (χ3n) is 4.52. The summed E-state index contributed by atoms with van der Waals surface area (Å²) in [5, 5.41) is 0. The van der Waals surface area contributed by atoms with Crippen LogP contribution in [0.2, 0.25) is 0 Å². The molecule has 19 heavy (non-hydrogen) atoms. The Morgan fingerprint density at radius 1 is 1.32 bits per heavy atom. The maximum Gasteiger partial charge on any atom is 0.303 e. The van der Waals surface area contributed by atoms with Gasteiger partial charge in [0.25, 0.3) is 0 Å². The van der Waals surface area contributed by atoms with Crippen LogP contribution in [0.4, 0.5) is 0 Å². The molecular weight excluding hydrogens is 238 g/mol. The van der Waals surface area contributed by atoms with Crippen LogP contribution in [0.3, 0.4) is 0 Å². The summed E-state index contributed by atoms with van der Waals surface area (Å²) in [5.41, 5.74) is 0.960. The molecule has 3 fully saturated rings. The Balaban J connectivity index is 1.87. The van der Waals surface area contributed by atoms with Gasteiger partial charge in [-0.15, -0.1) is 0 Å². The number of piperidine rings is 3. The molecule has 3 saturated heterocycles. The topological polar surface area (TPSA) is 29.5 Å². The van der Waals surface area contributed by atoms with Crippen molar-refractivity contribution in [1.29, 1.82) is 0 Å². The molecule has 1 aromatic rings. The summed E-state index contributed by atoms with van der Waals surface area (Å²) in [6.45, 7) is 4.74. The molecule has 1 atom stereocenters. The van der Waals surface area contributed by atoms with E-state index < -0.39 is 0 Å². The summed E-state index contributed by atoms with van der Waals surface area (Å²) < 4.78 is 5.84. The van der Waals surface area contributed by atoms with Crippen LogP contribution in [0.25, 0.3) is 0 Å². The van der Waals surface area contributed by atoms with Crippen molar-refractivity contribution >= 4 is 5.97 Å². The van der Waals surface area contributed by atoms with Crippen LogP contribution in [-0.4, -0.2) is 36.1 Å². The van der Waals surface area contributed by atoms with Gasteiger partial charge in [0.15, 0.2) is 0 Å². The number of fused-ring (bicyclic) bond motifs is 3. The van der Waals surface area contributed by atoms with Crippen LogP contribution < -0.4 is 0 Å². The highest BCUT2D eigenvalue weighted by Crippen LogP contribution is 2.40. The summed E-state index contributed by atoms with van der Waals surface area (Å²) in [6.07, 6.45) is 3.15. The van der Waals surface area contributed by atoms with Gasteiger partial charge in [-0.1, -0.05) is 30.3 Å². The molecule has 3 aliphatic heterocycles. The van der Waals surface area contributed by atoms with Crippen LogP contribution in [0.5, 0.6) is 0 Å². The molecule has 3 heteroatoms. The first-order valence-electron chi connectivity index (χ1n) is 7.14. The summed E-state index contributed by atoms with van der Waals surface area (Å²) in [6, 6.07) is 10.4. The number of nitrogens with zero attached hydrogens (tertiary/aromatic N) is 1. The van der Waals surface area contributed by atoms with E-state index in [1.54, 1.807) is 0 Å². The van der Waals surface area contributed by atoms with E-state index in [-0.39, 0.29) is 11.6 Å². The van der Waals surface area contributed by atoms with Crippen molar-refractivity contribution in [3.8, 4) is 0 Å². The average molecular weight is 259 g/mol. The fourth-order valence-corrected chi connectivity index (χ4v) is 3.70. The van der Waals surface area contributed by atoms with Crippen molar-refractivity contribution in [3.63, 3.8) is 0 Å². The van der Waals surface area contributed by atoms with Gasteiger partial charge in [0.05, 0.1) is 0 Å². The maximum absolute atomic E-state index is 11.5. The zero-order chi connectivity index (χ0) is 13.3. The molecule has 0 saturated carbocycles. The first kappa shape index (κ1) is 12.7. The Kier molecular flexibility index (Phi) is 3.31. The molecule has 1 unspecified atom stereocenters. The van der Waals surface area contributed by atoms with Crippen LogP contribution in [0, 0.1) is 5.92 Å². The highest BCUT2D eigenvalue weighted by Gasteiger charge is 2.49. The summed E-state index contributed by atoms with van der Waals surface area (Å²) in [4.78, 5) is 14.0. The van der Waals surface area contributed by atoms with Crippen molar-refractivity contribution in [2.75, 3.05) is 19.6 Å². The molecule has 4 rings (SSSR count). The molecule has 0 spiro atoms. The first-order valence-corrected chi connectivity index (χ1v) is 7.14. The molecule has 2 bridgehead atoms. The molecule has 0 N–H and O–H groups in total. The summed E-state index contributed by atoms with van der Waals surface area (Å²) in [5.74, 6) is 0.367. The Hall–Kier alpha value is -1.35. The Bertz CT molecular complexity index is 451. The Labute approximate surface area is 114 Å². The minimum atomic E-state index is -0.302. The van der Waals surface area contributed by atoms with Gasteiger partial charge in [0, 0.05) is 25.8 Å². The van der Waals surface area contributed by atoms with Gasteiger partial charge < -0.3 is 4.74 Å². The largest absolute Gasteiger partial charge is 0.457 e. The number of hydrogen-bond donors (Lipinski definition) is 0. The van der Waals surface area contributed by atoms with E-state index in [4.69, 9.17) is 4.74 Å². The molecule has 0 aliphatic carbocycles. The second-order valence-corrected chi connectivity index (χ2v) is 5.87. The number of esters is 1. The lowest BCUT2D eigenvalue weighted by molar-refractivity contribution is -0.180. The highest BCUT2D eigenvalue weighted by molar-refractivity contribution is 5.66. The number of carbonyl (C=O) groups is 1. The monoisotopic (exact) mass is 259 g/mol. The fraction of sp³-hybridized carbons (Fsp3) is 0.562. The maximum atomic E-state index is 11.5. The van der Waals surface area contributed by atoms with E-state index in [0.29, 0.717) is 5.92 Å². The van der Waals surface area contributed by atoms with Crippen molar-refractivity contribution in [2.45, 2.75) is 31.8 Å². The number of rotatable bonds is 3. The number of ether oxygens (including phenoxy) is 1. The molecule has 3 aliphatic rings. The first-order chi connectivity index (χ1) is 9.18. The number of carbonyl (C=O) groups excluding carboxylic acids is 1. The zero-order valence-corrected chi connectivity index (χ0v) is 11.5. The highest BCUT2D eigenvalue weighted by atomic mass is 16.6. The minimum Gasteiger partial charge on any atom is -0.457 e. The second-order valence-electron chi connectivity index (χ2n) is 5.87. The standard InChI is InChI=1S/C16H21NO2/c1-13(18)19-16(11-14-5-3-2-4-6-14)12-17-9-7-15(16)8-10-17/h2-6,15H,7-12H2,1H3. The second kappa shape index (κ2) is 4.97. The van der Waals surface area contributed by atoms with Gasteiger partial charge in [-0.05, 0) is 31.5 Å². The molecule has 3 nitrogen and oxygen atoms in total. The van der Waals surface area contributed by atoms with Gasteiger partial charge in [-0.25, -0.2) is 0 Å². The third-order valence-corrected chi connectivity index (χ3v) is 4.52. The van der Waals surface area contributed by atoms with Crippen LogP contribution in [0.1, 0.15) is 25.3 Å². The average Bonchev–Trinajstić information content (AvgIpc) is 2.40. The fourth-order valence-electron chi connectivity index (χ4n) is 3.70. The quantitative estimate of drug-likeness (QED) is 0.780. The SMILES string of the molecule is CC(=O)OC1(Cc2ccccc2)CN2CCC1CC2. The van der Waals surface area contributed by atoms with E-state index in [9.17, 15) is 4.79 Å². The summed E-state index contributed by atoms with van der Waals surface area (Å²) >= 11 is 0. The lowest BCUT2D eigenvalue weighted by Gasteiger charge is -2.52. The van der Waals surface area contributed by atoms with Gasteiger partial charge >= 0.3 is 5.97 Å². The predicted octanol–water partition coefficient (Wildman–Crippen LogP) is 2.26. The van der Waals surface area contributed by atoms with Crippen LogP contribution in [-0.2, 0) is 16.0 Å². The molecule has 0 amide bonds. The van der Waals surface area contributed by atoms with Gasteiger partial charge in [0.2, 0.25) is 0 Å². The van der Waals surface area contributed by atoms with Gasteiger partial charge in [-0.2, -0.15) is 0 Å². The van der Waals surface area contributed by atoms with Crippen LogP contribution in [0.15, 0.2) is 30.3 Å². The van der Waals surface area contributed by atoms with Gasteiger partial charge in [0.1, 0.15) is 5.60 Å². The van der Waals surface area contributed by atoms with Crippen molar-refractivity contribution in [3.05, 3.63) is 35.9 Å². The normalized spacial score (nSPS) is 33.1. The molecule has 1 aromatic carbocycles. The Morgan fingerprint density at radius 3 is 2.53 bits per heavy atom. The molecule has 0 radical (unpaired) electrons. The molecular formula is C16H21NO2. The molecule has 0 aromatic heterocycles. The lowest BCUT2D eigenvalue weighted by Crippen LogP contribution is -2.61. The lowest BCUT2D eigenvalue weighted by atomic mass is 9.72. The third kappa shape index (κ3) is 2.52. The Morgan fingerprint density at radius 2 is 2.00 bits per heavy atom. The van der Waals surface area contributed by atoms with E-state index in [2.05, 4.69) is 29.2 Å².